The van der Waals surface area contributed by atoms with Crippen LogP contribution < -0.4 is 10.6 Å². The number of hydrogen-bond donors (Lipinski definition) is 2. The maximum absolute atomic E-state index is 13.3. The summed E-state index contributed by atoms with van der Waals surface area (Å²) in [6.07, 6.45) is 8.94. The van der Waals surface area contributed by atoms with Crippen LogP contribution in [0.1, 0.15) is 85.1 Å². The maximum atomic E-state index is 13.3. The van der Waals surface area contributed by atoms with Gasteiger partial charge in [-0.05, 0) is 43.1 Å². The van der Waals surface area contributed by atoms with Gasteiger partial charge in [0.1, 0.15) is 0 Å². The first-order chi connectivity index (χ1) is 14.8. The molecule has 0 aromatic heterocycles. The first kappa shape index (κ1) is 26.8. The van der Waals surface area contributed by atoms with E-state index in [1.807, 2.05) is 0 Å². The van der Waals surface area contributed by atoms with E-state index in [1.54, 1.807) is 0 Å². The summed E-state index contributed by atoms with van der Waals surface area (Å²) in [5.41, 5.74) is 1.21. The molecule has 1 aliphatic heterocycles. The Morgan fingerprint density at radius 3 is 2.28 bits per heavy atom. The molecular weight excluding hydrogens is 414 g/mol. The molecule has 0 unspecified atom stereocenters. The van der Waals surface area contributed by atoms with Crippen LogP contribution in [0.5, 0.6) is 0 Å². The van der Waals surface area contributed by atoms with Crippen molar-refractivity contribution < 1.29 is 4.79 Å². The molecule has 1 saturated carbocycles. The molecule has 1 aromatic carbocycles. The Labute approximate surface area is 201 Å². The van der Waals surface area contributed by atoms with E-state index in [0.29, 0.717) is 24.4 Å². The molecule has 180 valence electrons. The van der Waals surface area contributed by atoms with Crippen molar-refractivity contribution in [2.24, 2.45) is 11.3 Å². The summed E-state index contributed by atoms with van der Waals surface area (Å²) in [5.74, 6) is 0.226. The fourth-order valence-corrected chi connectivity index (χ4v) is 5.26. The van der Waals surface area contributed by atoms with Gasteiger partial charge in [-0.1, -0.05) is 83.6 Å². The molecule has 1 heterocycles. The van der Waals surface area contributed by atoms with Gasteiger partial charge in [0.05, 0.1) is 4.99 Å². The molecule has 1 aromatic rings. The number of amides is 1. The second-order valence-electron chi connectivity index (χ2n) is 10.4. The van der Waals surface area contributed by atoms with Crippen molar-refractivity contribution in [3.8, 4) is 0 Å². The Morgan fingerprint density at radius 2 is 1.66 bits per heavy atom. The number of carbonyl (C=O) groups excluding carboxylic acids is 1. The normalized spacial score (nSPS) is 22.5. The number of thiocarbonyl (C=S) groups is 1. The molecule has 0 radical (unpaired) electrons. The Kier molecular flexibility index (Phi) is 10.6. The van der Waals surface area contributed by atoms with Crippen LogP contribution in [0.3, 0.4) is 0 Å². The average molecular weight is 460 g/mol. The van der Waals surface area contributed by atoms with Gasteiger partial charge in [-0.3, -0.25) is 4.79 Å². The maximum Gasteiger partial charge on any atom is 0.226 e. The van der Waals surface area contributed by atoms with E-state index < -0.39 is 0 Å². The quantitative estimate of drug-likeness (QED) is 0.513. The number of piperidine rings is 1. The third kappa shape index (κ3) is 7.84. The molecule has 2 fully saturated rings. The molecule has 3 rings (SSSR count). The minimum Gasteiger partial charge on any atom is -0.375 e. The first-order valence-corrected chi connectivity index (χ1v) is 12.6. The lowest BCUT2D eigenvalue weighted by Crippen LogP contribution is -2.52. The fraction of sp³-hybridized carbons (Fsp3) is 0.704. The molecule has 1 saturated heterocycles. The fourth-order valence-electron chi connectivity index (χ4n) is 4.94. The highest BCUT2D eigenvalue weighted by atomic mass is 32.1. The number of hydrogen-bond acceptors (Lipinski definition) is 3. The lowest BCUT2D eigenvalue weighted by Gasteiger charge is -2.38. The molecule has 4 nitrogen and oxygen atoms in total. The molecular formula is C27H45N3OS. The van der Waals surface area contributed by atoms with Gasteiger partial charge in [0.2, 0.25) is 5.91 Å². The van der Waals surface area contributed by atoms with Crippen molar-refractivity contribution in [3.63, 3.8) is 0 Å². The van der Waals surface area contributed by atoms with Gasteiger partial charge in [0, 0.05) is 44.1 Å². The van der Waals surface area contributed by atoms with Gasteiger partial charge in [0.15, 0.2) is 0 Å². The summed E-state index contributed by atoms with van der Waals surface area (Å²) in [6.45, 7) is 9.21. The molecule has 32 heavy (non-hydrogen) atoms. The van der Waals surface area contributed by atoms with Gasteiger partial charge >= 0.3 is 0 Å². The van der Waals surface area contributed by atoms with Crippen LogP contribution in [0.25, 0.3) is 0 Å². The number of nitrogens with one attached hydrogen (secondary N) is 2. The third-order valence-corrected chi connectivity index (χ3v) is 7.21. The average Bonchev–Trinajstić information content (AvgIpc) is 2.77. The summed E-state index contributed by atoms with van der Waals surface area (Å²) >= 11 is 5.82. The van der Waals surface area contributed by atoms with Crippen molar-refractivity contribution in [2.45, 2.75) is 98.2 Å². The van der Waals surface area contributed by atoms with Crippen molar-refractivity contribution >= 4 is 23.1 Å². The second kappa shape index (κ2) is 12.7. The zero-order valence-corrected chi connectivity index (χ0v) is 20.5. The molecule has 5 heteroatoms. The van der Waals surface area contributed by atoms with Crippen molar-refractivity contribution in [3.05, 3.63) is 35.9 Å². The Morgan fingerprint density at radius 1 is 1.03 bits per heavy atom. The molecule has 1 amide bonds. The molecule has 1 aliphatic carbocycles. The first-order valence-electron chi connectivity index (χ1n) is 12.2. The highest BCUT2D eigenvalue weighted by molar-refractivity contribution is 7.80. The van der Waals surface area contributed by atoms with Gasteiger partial charge in [-0.25, -0.2) is 0 Å². The van der Waals surface area contributed by atoms with Crippen LogP contribution in [0, 0.1) is 11.3 Å². The highest BCUT2D eigenvalue weighted by Crippen LogP contribution is 2.32. The smallest absolute Gasteiger partial charge is 0.226 e. The lowest BCUT2D eigenvalue weighted by molar-refractivity contribution is -0.139. The van der Waals surface area contributed by atoms with E-state index in [1.165, 1.54) is 31.2 Å². The number of nitrogens with zero attached hydrogens (tertiary/aromatic N) is 1. The number of rotatable bonds is 7. The minimum atomic E-state index is -0.0994. The summed E-state index contributed by atoms with van der Waals surface area (Å²) in [5, 5.41) is 7.42. The standard InChI is InChI=1S/C26H41N3OS.CH4/c1-26(2,3)21(25(30)29-16-10-5-11-17-29)18-24(31)28-23-15-9-8-14-22(23)27-19-20-12-6-4-7-13-20;/h4,6-7,12-13,21-23,27H,5,8-11,14-19H2,1-3H3,(H,28,31);1H4/t21-,22-,23-;/m1./s1. The molecule has 3 atom stereocenters. The predicted molar refractivity (Wildman–Crippen MR) is 140 cm³/mol. The van der Waals surface area contributed by atoms with E-state index in [-0.39, 0.29) is 18.8 Å². The largest absolute Gasteiger partial charge is 0.375 e. The van der Waals surface area contributed by atoms with Gasteiger partial charge in [0.25, 0.3) is 0 Å². The molecule has 2 N–H and O–H groups in total. The van der Waals surface area contributed by atoms with Crippen molar-refractivity contribution in [2.75, 3.05) is 13.1 Å². The van der Waals surface area contributed by atoms with Crippen molar-refractivity contribution in [1.29, 1.82) is 0 Å². The third-order valence-electron chi connectivity index (χ3n) is 6.92. The van der Waals surface area contributed by atoms with E-state index in [4.69, 9.17) is 12.2 Å². The predicted octanol–water partition coefficient (Wildman–Crippen LogP) is 5.71. The van der Waals surface area contributed by atoms with Crippen LogP contribution in [0.2, 0.25) is 0 Å². The Hall–Kier alpha value is -1.46. The van der Waals surface area contributed by atoms with E-state index in [2.05, 4.69) is 66.6 Å². The van der Waals surface area contributed by atoms with Crippen molar-refractivity contribution in [1.82, 2.24) is 15.5 Å². The summed E-state index contributed by atoms with van der Waals surface area (Å²) in [6, 6.07) is 11.3. The number of benzene rings is 1. The lowest BCUT2D eigenvalue weighted by atomic mass is 9.77. The monoisotopic (exact) mass is 459 g/mol. The Balaban J connectivity index is 0.00000363. The van der Waals surface area contributed by atoms with Crippen LogP contribution in [-0.2, 0) is 11.3 Å². The van der Waals surface area contributed by atoms with Gasteiger partial charge in [-0.15, -0.1) is 0 Å². The number of carbonyl (C=O) groups is 1. The zero-order chi connectivity index (χ0) is 22.3. The molecule has 0 spiro atoms. The number of likely N-dealkylation sites (tertiary alicyclic amines) is 1. The van der Waals surface area contributed by atoms with Crippen LogP contribution in [0.15, 0.2) is 30.3 Å². The van der Waals surface area contributed by atoms with Gasteiger partial charge in [-0.2, -0.15) is 0 Å². The van der Waals surface area contributed by atoms with Crippen LogP contribution in [-0.4, -0.2) is 41.0 Å². The Bertz CT molecular complexity index is 709. The van der Waals surface area contributed by atoms with E-state index in [0.717, 1.165) is 43.9 Å². The summed E-state index contributed by atoms with van der Waals surface area (Å²) in [4.78, 5) is 16.2. The SMILES string of the molecule is C.CC(C)(C)[C@H](CC(=S)N[C@@H]1CCCC[C@H]1NCc1ccccc1)C(=O)N1CCCCC1. The highest BCUT2D eigenvalue weighted by Gasteiger charge is 2.36. The van der Waals surface area contributed by atoms with E-state index in [9.17, 15) is 4.79 Å². The second-order valence-corrected chi connectivity index (χ2v) is 10.9. The topological polar surface area (TPSA) is 44.4 Å². The zero-order valence-electron chi connectivity index (χ0n) is 19.7. The molecule has 0 bridgehead atoms. The van der Waals surface area contributed by atoms with Gasteiger partial charge < -0.3 is 15.5 Å². The molecule has 2 aliphatic rings. The van der Waals surface area contributed by atoms with Crippen LogP contribution in [0.4, 0.5) is 0 Å². The summed E-state index contributed by atoms with van der Waals surface area (Å²) in [7, 11) is 0. The van der Waals surface area contributed by atoms with E-state index >= 15 is 0 Å². The van der Waals surface area contributed by atoms with Crippen LogP contribution >= 0.6 is 12.2 Å². The summed E-state index contributed by atoms with van der Waals surface area (Å²) < 4.78 is 0. The minimum absolute atomic E-state index is 0.